The molecule has 1 heterocycles. The molecule has 1 fully saturated rings. The number of methoxy groups -OCH3 is 1. The predicted molar refractivity (Wildman–Crippen MR) is 87.4 cm³/mol. The summed E-state index contributed by atoms with van der Waals surface area (Å²) in [6, 6.07) is 10.5. The lowest BCUT2D eigenvalue weighted by molar-refractivity contribution is 0.207. The minimum Gasteiger partial charge on any atom is -0.497 e. The molecule has 0 atom stereocenters. The predicted octanol–water partition coefficient (Wildman–Crippen LogP) is 4.16. The van der Waals surface area contributed by atoms with Gasteiger partial charge >= 0.3 is 0 Å². The fraction of sp³-hybridized carbons (Fsp3) is 0.389. The van der Waals surface area contributed by atoms with Gasteiger partial charge in [0.05, 0.1) is 13.2 Å². The van der Waals surface area contributed by atoms with Gasteiger partial charge in [-0.1, -0.05) is 6.07 Å². The van der Waals surface area contributed by atoms with Gasteiger partial charge in [-0.2, -0.15) is 4.39 Å². The molecular formula is C18H21FN2O2. The first kappa shape index (κ1) is 15.6. The van der Waals surface area contributed by atoms with Crippen LogP contribution in [0.15, 0.2) is 36.4 Å². The summed E-state index contributed by atoms with van der Waals surface area (Å²) in [4.78, 5) is 3.81. The van der Waals surface area contributed by atoms with Crippen LogP contribution in [0.5, 0.6) is 11.5 Å². The van der Waals surface area contributed by atoms with Crippen molar-refractivity contribution in [2.75, 3.05) is 12.4 Å². The van der Waals surface area contributed by atoms with E-state index in [-0.39, 0.29) is 6.10 Å². The third-order valence-electron chi connectivity index (χ3n) is 4.05. The van der Waals surface area contributed by atoms with E-state index in [0.29, 0.717) is 12.4 Å². The van der Waals surface area contributed by atoms with Gasteiger partial charge < -0.3 is 14.8 Å². The Labute approximate surface area is 135 Å². The summed E-state index contributed by atoms with van der Waals surface area (Å²) >= 11 is 0. The number of hydrogen-bond acceptors (Lipinski definition) is 4. The van der Waals surface area contributed by atoms with Crippen molar-refractivity contribution in [1.29, 1.82) is 0 Å². The Morgan fingerprint density at radius 1 is 1.22 bits per heavy atom. The van der Waals surface area contributed by atoms with Gasteiger partial charge in [-0.3, -0.25) is 0 Å². The van der Waals surface area contributed by atoms with Gasteiger partial charge in [-0.05, 0) is 49.9 Å². The maximum atomic E-state index is 13.1. The highest BCUT2D eigenvalue weighted by molar-refractivity contribution is 5.44. The van der Waals surface area contributed by atoms with Crippen LogP contribution in [-0.2, 0) is 6.54 Å². The lowest BCUT2D eigenvalue weighted by atomic mass is 10.1. The van der Waals surface area contributed by atoms with Gasteiger partial charge in [0.1, 0.15) is 17.3 Å². The molecule has 1 saturated carbocycles. The smallest absolute Gasteiger partial charge is 0.214 e. The first-order valence-electron chi connectivity index (χ1n) is 7.94. The number of nitrogens with zero attached hydrogens (tertiary/aromatic N) is 1. The molecular weight excluding hydrogens is 295 g/mol. The number of pyridine rings is 1. The third-order valence-corrected chi connectivity index (χ3v) is 4.05. The van der Waals surface area contributed by atoms with Crippen LogP contribution in [0.3, 0.4) is 0 Å². The van der Waals surface area contributed by atoms with Crippen molar-refractivity contribution in [3.8, 4) is 11.5 Å². The molecule has 5 heteroatoms. The molecule has 0 aliphatic heterocycles. The van der Waals surface area contributed by atoms with Gasteiger partial charge in [0.2, 0.25) is 5.95 Å². The number of anilines is 1. The highest BCUT2D eigenvalue weighted by atomic mass is 19.1. The van der Waals surface area contributed by atoms with Crippen molar-refractivity contribution < 1.29 is 13.9 Å². The summed E-state index contributed by atoms with van der Waals surface area (Å²) in [6.45, 7) is 0.516. The second kappa shape index (κ2) is 7.31. The quantitative estimate of drug-likeness (QED) is 0.813. The second-order valence-electron chi connectivity index (χ2n) is 5.70. The molecule has 1 N–H and O–H groups in total. The summed E-state index contributed by atoms with van der Waals surface area (Å²) in [7, 11) is 1.64. The largest absolute Gasteiger partial charge is 0.497 e. The number of ether oxygens (including phenoxy) is 2. The Balaban J connectivity index is 1.74. The van der Waals surface area contributed by atoms with Gasteiger partial charge in [0, 0.05) is 18.2 Å². The molecule has 1 aromatic carbocycles. The van der Waals surface area contributed by atoms with E-state index < -0.39 is 5.95 Å². The molecule has 0 amide bonds. The molecule has 0 saturated heterocycles. The van der Waals surface area contributed by atoms with E-state index in [9.17, 15) is 4.39 Å². The van der Waals surface area contributed by atoms with E-state index in [2.05, 4.69) is 10.3 Å². The van der Waals surface area contributed by atoms with Gasteiger partial charge in [-0.25, -0.2) is 4.98 Å². The third kappa shape index (κ3) is 4.12. The number of hydrogen-bond donors (Lipinski definition) is 1. The normalized spacial score (nSPS) is 14.7. The van der Waals surface area contributed by atoms with Crippen molar-refractivity contribution in [2.24, 2.45) is 0 Å². The topological polar surface area (TPSA) is 43.4 Å². The summed E-state index contributed by atoms with van der Waals surface area (Å²) in [6.07, 6.45) is 4.89. The van der Waals surface area contributed by atoms with Crippen LogP contribution >= 0.6 is 0 Å². The second-order valence-corrected chi connectivity index (χ2v) is 5.70. The molecule has 0 radical (unpaired) electrons. The number of aromatic nitrogens is 1. The monoisotopic (exact) mass is 316 g/mol. The Bertz CT molecular complexity index is 657. The van der Waals surface area contributed by atoms with E-state index in [1.54, 1.807) is 19.2 Å². The Hall–Kier alpha value is -2.30. The molecule has 122 valence electrons. The maximum absolute atomic E-state index is 13.1. The maximum Gasteiger partial charge on any atom is 0.214 e. The average Bonchev–Trinajstić information content (AvgIpc) is 3.06. The highest BCUT2D eigenvalue weighted by Gasteiger charge is 2.18. The zero-order valence-corrected chi connectivity index (χ0v) is 13.2. The number of nitrogens with one attached hydrogen (secondary N) is 1. The van der Waals surface area contributed by atoms with E-state index >= 15 is 0 Å². The van der Waals surface area contributed by atoms with Gasteiger partial charge in [0.25, 0.3) is 0 Å². The Morgan fingerprint density at radius 2 is 2.04 bits per heavy atom. The minimum atomic E-state index is -0.493. The summed E-state index contributed by atoms with van der Waals surface area (Å²) in [5, 5.41) is 3.13. The lowest BCUT2D eigenvalue weighted by Gasteiger charge is -2.18. The van der Waals surface area contributed by atoms with Gasteiger partial charge in [-0.15, -0.1) is 0 Å². The van der Waals surface area contributed by atoms with Crippen molar-refractivity contribution in [3.63, 3.8) is 0 Å². The van der Waals surface area contributed by atoms with Crippen LogP contribution in [0.4, 0.5) is 10.2 Å². The van der Waals surface area contributed by atoms with Crippen molar-refractivity contribution in [2.45, 2.75) is 38.3 Å². The van der Waals surface area contributed by atoms with Crippen molar-refractivity contribution in [1.82, 2.24) is 4.98 Å². The lowest BCUT2D eigenvalue weighted by Crippen LogP contribution is -2.13. The zero-order chi connectivity index (χ0) is 16.1. The summed E-state index contributed by atoms with van der Waals surface area (Å²) in [5.41, 5.74) is 1.00. The molecule has 4 nitrogen and oxygen atoms in total. The van der Waals surface area contributed by atoms with Crippen LogP contribution in [0.2, 0.25) is 0 Å². The van der Waals surface area contributed by atoms with Gasteiger partial charge in [0.15, 0.2) is 0 Å². The van der Waals surface area contributed by atoms with Crippen LogP contribution in [0.25, 0.3) is 0 Å². The average molecular weight is 316 g/mol. The molecule has 0 spiro atoms. The molecule has 2 aromatic rings. The number of rotatable bonds is 6. The molecule has 0 bridgehead atoms. The first-order valence-corrected chi connectivity index (χ1v) is 7.94. The van der Waals surface area contributed by atoms with E-state index in [4.69, 9.17) is 9.47 Å². The van der Waals surface area contributed by atoms with Crippen LogP contribution in [0, 0.1) is 5.95 Å². The molecule has 1 aromatic heterocycles. The van der Waals surface area contributed by atoms with E-state index in [0.717, 1.165) is 29.9 Å². The molecule has 1 aliphatic rings. The standard InChI is InChI=1S/C18H21FN2O2/c1-22-15-10-9-13(12-20-18-8-4-7-17(19)21-18)16(11-15)23-14-5-2-3-6-14/h4,7-11,14H,2-3,5-6,12H2,1H3,(H,20,21). The van der Waals surface area contributed by atoms with Crippen LogP contribution in [-0.4, -0.2) is 18.2 Å². The molecule has 23 heavy (non-hydrogen) atoms. The number of benzene rings is 1. The molecule has 1 aliphatic carbocycles. The summed E-state index contributed by atoms with van der Waals surface area (Å²) in [5.74, 6) is 1.60. The van der Waals surface area contributed by atoms with Crippen molar-refractivity contribution >= 4 is 5.82 Å². The Kier molecular flexibility index (Phi) is 4.95. The van der Waals surface area contributed by atoms with Crippen molar-refractivity contribution in [3.05, 3.63) is 47.9 Å². The fourth-order valence-corrected chi connectivity index (χ4v) is 2.80. The molecule has 0 unspecified atom stereocenters. The summed E-state index contributed by atoms with van der Waals surface area (Å²) < 4.78 is 24.6. The van der Waals surface area contributed by atoms with Crippen LogP contribution < -0.4 is 14.8 Å². The molecule has 3 rings (SSSR count). The highest BCUT2D eigenvalue weighted by Crippen LogP contribution is 2.30. The fourth-order valence-electron chi connectivity index (χ4n) is 2.80. The van der Waals surface area contributed by atoms with Crippen LogP contribution in [0.1, 0.15) is 31.2 Å². The van der Waals surface area contributed by atoms with E-state index in [1.165, 1.54) is 18.9 Å². The first-order chi connectivity index (χ1) is 11.2. The number of halogens is 1. The SMILES string of the molecule is COc1ccc(CNc2cccc(F)n2)c(OC2CCCC2)c1. The Morgan fingerprint density at radius 3 is 2.78 bits per heavy atom. The zero-order valence-electron chi connectivity index (χ0n) is 13.2. The van der Waals surface area contributed by atoms with E-state index in [1.807, 2.05) is 18.2 Å². The minimum absolute atomic E-state index is 0.271.